The largest absolute Gasteiger partial charge is 0.388 e. The van der Waals surface area contributed by atoms with Gasteiger partial charge in [-0.05, 0) is 38.1 Å². The van der Waals surface area contributed by atoms with Gasteiger partial charge in [0, 0.05) is 18.5 Å². The van der Waals surface area contributed by atoms with E-state index in [-0.39, 0.29) is 5.41 Å². The van der Waals surface area contributed by atoms with Crippen LogP contribution in [0.2, 0.25) is 0 Å². The maximum atomic E-state index is 10.9. The number of nitrogens with two attached hydrogens (primary N) is 1. The van der Waals surface area contributed by atoms with Crippen LogP contribution in [0.5, 0.6) is 0 Å². The predicted molar refractivity (Wildman–Crippen MR) is 66.2 cm³/mol. The average Bonchev–Trinajstić information content (AvgIpc) is 2.31. The first-order chi connectivity index (χ1) is 7.62. The van der Waals surface area contributed by atoms with Gasteiger partial charge in [0.25, 0.3) is 0 Å². The number of piperidine rings is 1. The molecule has 2 fully saturated rings. The fourth-order valence-corrected chi connectivity index (χ4v) is 3.52. The van der Waals surface area contributed by atoms with E-state index in [4.69, 9.17) is 5.73 Å². The number of β-amino-alcohol motifs (C(OH)–C–C–N with tert-alkyl or cyclic N) is 1. The zero-order chi connectivity index (χ0) is 11.6. The van der Waals surface area contributed by atoms with Crippen LogP contribution in [0.3, 0.4) is 0 Å². The molecule has 94 valence electrons. The molecule has 16 heavy (non-hydrogen) atoms. The lowest BCUT2D eigenvalue weighted by Crippen LogP contribution is -2.61. The third kappa shape index (κ3) is 2.01. The molecular formula is C13H26N2O. The van der Waals surface area contributed by atoms with Gasteiger partial charge in [0.2, 0.25) is 0 Å². The monoisotopic (exact) mass is 226 g/mol. The van der Waals surface area contributed by atoms with Crippen molar-refractivity contribution >= 4 is 0 Å². The third-order valence-corrected chi connectivity index (χ3v) is 4.97. The van der Waals surface area contributed by atoms with Gasteiger partial charge >= 0.3 is 0 Å². The molecule has 0 aromatic carbocycles. The molecule has 3 nitrogen and oxygen atoms in total. The smallest absolute Gasteiger partial charge is 0.0839 e. The highest BCUT2D eigenvalue weighted by Crippen LogP contribution is 2.48. The molecule has 0 amide bonds. The van der Waals surface area contributed by atoms with Crippen LogP contribution < -0.4 is 11.1 Å². The highest BCUT2D eigenvalue weighted by Gasteiger charge is 2.50. The molecule has 1 unspecified atom stereocenters. The minimum Gasteiger partial charge on any atom is -0.388 e. The van der Waals surface area contributed by atoms with E-state index < -0.39 is 5.60 Å². The van der Waals surface area contributed by atoms with Gasteiger partial charge in [0.1, 0.15) is 0 Å². The lowest BCUT2D eigenvalue weighted by Gasteiger charge is -2.52. The first-order valence-corrected chi connectivity index (χ1v) is 6.75. The van der Waals surface area contributed by atoms with Crippen molar-refractivity contribution in [3.63, 3.8) is 0 Å². The highest BCUT2D eigenvalue weighted by molar-refractivity contribution is 5.04. The molecule has 3 heteroatoms. The number of rotatable bonds is 2. The molecule has 2 aliphatic rings. The van der Waals surface area contributed by atoms with Gasteiger partial charge in [0.15, 0.2) is 0 Å². The van der Waals surface area contributed by atoms with Gasteiger partial charge in [-0.15, -0.1) is 0 Å². The molecule has 4 N–H and O–H groups in total. The summed E-state index contributed by atoms with van der Waals surface area (Å²) < 4.78 is 0. The topological polar surface area (TPSA) is 58.3 Å². The molecule has 1 heterocycles. The predicted octanol–water partition coefficient (Wildman–Crippen LogP) is 1.26. The molecule has 1 atom stereocenters. The quantitative estimate of drug-likeness (QED) is 0.664. The summed E-state index contributed by atoms with van der Waals surface area (Å²) in [5, 5.41) is 14.2. The lowest BCUT2D eigenvalue weighted by molar-refractivity contribution is -0.116. The summed E-state index contributed by atoms with van der Waals surface area (Å²) >= 11 is 0. The normalized spacial score (nSPS) is 45.6. The van der Waals surface area contributed by atoms with E-state index in [1.54, 1.807) is 0 Å². The van der Waals surface area contributed by atoms with E-state index in [1.807, 2.05) is 0 Å². The molecule has 0 aromatic rings. The van der Waals surface area contributed by atoms with Crippen molar-refractivity contribution in [2.75, 3.05) is 19.6 Å². The van der Waals surface area contributed by atoms with E-state index in [9.17, 15) is 5.11 Å². The van der Waals surface area contributed by atoms with Gasteiger partial charge in [0.05, 0.1) is 5.60 Å². The molecular weight excluding hydrogens is 200 g/mol. The standard InChI is InChI=1S/C13H26N2O/c1-11-3-6-12(9-14,7-4-11)13(16)5-2-8-15-10-13/h11,15-16H,2-10,14H2,1H3. The summed E-state index contributed by atoms with van der Waals surface area (Å²) in [6.45, 7) is 4.72. The molecule has 0 radical (unpaired) electrons. The van der Waals surface area contributed by atoms with Crippen LogP contribution in [0, 0.1) is 11.3 Å². The van der Waals surface area contributed by atoms with Crippen molar-refractivity contribution in [2.45, 2.75) is 51.0 Å². The zero-order valence-electron chi connectivity index (χ0n) is 10.5. The lowest BCUT2D eigenvalue weighted by atomic mass is 9.59. The van der Waals surface area contributed by atoms with E-state index >= 15 is 0 Å². The van der Waals surface area contributed by atoms with Crippen LogP contribution in [-0.4, -0.2) is 30.3 Å². The van der Waals surface area contributed by atoms with E-state index in [1.165, 1.54) is 12.8 Å². The minimum absolute atomic E-state index is 0.0209. The second kappa shape index (κ2) is 4.63. The summed E-state index contributed by atoms with van der Waals surface area (Å²) in [6.07, 6.45) is 6.64. The fourth-order valence-electron chi connectivity index (χ4n) is 3.52. The summed E-state index contributed by atoms with van der Waals surface area (Å²) in [5.74, 6) is 0.805. The first kappa shape index (κ1) is 12.3. The van der Waals surface area contributed by atoms with Gasteiger partial charge in [-0.25, -0.2) is 0 Å². The molecule has 2 rings (SSSR count). The van der Waals surface area contributed by atoms with Crippen LogP contribution in [0.1, 0.15) is 45.4 Å². The second-order valence-corrected chi connectivity index (χ2v) is 5.98. The van der Waals surface area contributed by atoms with E-state index in [2.05, 4.69) is 12.2 Å². The molecule has 1 aliphatic heterocycles. The Kier molecular flexibility index (Phi) is 3.57. The Hall–Kier alpha value is -0.120. The molecule has 1 saturated heterocycles. The van der Waals surface area contributed by atoms with Crippen molar-refractivity contribution < 1.29 is 5.11 Å². The van der Waals surface area contributed by atoms with E-state index in [0.717, 1.165) is 44.7 Å². The minimum atomic E-state index is -0.555. The maximum Gasteiger partial charge on any atom is 0.0839 e. The number of hydrogen-bond donors (Lipinski definition) is 3. The molecule has 1 saturated carbocycles. The molecule has 0 aromatic heterocycles. The third-order valence-electron chi connectivity index (χ3n) is 4.97. The number of aliphatic hydroxyl groups is 1. The second-order valence-electron chi connectivity index (χ2n) is 5.98. The average molecular weight is 226 g/mol. The molecule has 0 spiro atoms. The van der Waals surface area contributed by atoms with Gasteiger partial charge in [-0.2, -0.15) is 0 Å². The Labute approximate surface area is 98.8 Å². The van der Waals surface area contributed by atoms with Crippen LogP contribution in [-0.2, 0) is 0 Å². The highest BCUT2D eigenvalue weighted by atomic mass is 16.3. The van der Waals surface area contributed by atoms with Gasteiger partial charge in [-0.3, -0.25) is 0 Å². The Morgan fingerprint density at radius 2 is 2.00 bits per heavy atom. The van der Waals surface area contributed by atoms with Crippen molar-refractivity contribution in [1.29, 1.82) is 0 Å². The maximum absolute atomic E-state index is 10.9. The van der Waals surface area contributed by atoms with Crippen molar-refractivity contribution in [3.05, 3.63) is 0 Å². The van der Waals surface area contributed by atoms with Crippen molar-refractivity contribution in [1.82, 2.24) is 5.32 Å². The van der Waals surface area contributed by atoms with Crippen LogP contribution in [0.15, 0.2) is 0 Å². The Morgan fingerprint density at radius 1 is 1.31 bits per heavy atom. The van der Waals surface area contributed by atoms with Crippen molar-refractivity contribution in [3.8, 4) is 0 Å². The summed E-state index contributed by atoms with van der Waals surface area (Å²) in [7, 11) is 0. The zero-order valence-corrected chi connectivity index (χ0v) is 10.5. The fraction of sp³-hybridized carbons (Fsp3) is 1.00. The summed E-state index contributed by atoms with van der Waals surface area (Å²) in [5.41, 5.74) is 5.44. The SMILES string of the molecule is CC1CCC(CN)(C2(O)CCCNC2)CC1. The number of hydrogen-bond acceptors (Lipinski definition) is 3. The van der Waals surface area contributed by atoms with Crippen LogP contribution in [0.25, 0.3) is 0 Å². The van der Waals surface area contributed by atoms with Crippen LogP contribution in [0.4, 0.5) is 0 Å². The van der Waals surface area contributed by atoms with Gasteiger partial charge < -0.3 is 16.2 Å². The summed E-state index contributed by atoms with van der Waals surface area (Å²) in [6, 6.07) is 0. The van der Waals surface area contributed by atoms with Crippen molar-refractivity contribution in [2.24, 2.45) is 17.1 Å². The first-order valence-electron chi connectivity index (χ1n) is 6.75. The van der Waals surface area contributed by atoms with Crippen LogP contribution >= 0.6 is 0 Å². The van der Waals surface area contributed by atoms with Gasteiger partial charge in [-0.1, -0.05) is 19.8 Å². The Morgan fingerprint density at radius 3 is 2.50 bits per heavy atom. The summed E-state index contributed by atoms with van der Waals surface area (Å²) in [4.78, 5) is 0. The Balaban J connectivity index is 2.13. The van der Waals surface area contributed by atoms with E-state index in [0.29, 0.717) is 6.54 Å². The number of nitrogens with one attached hydrogen (secondary N) is 1. The Bertz CT molecular complexity index is 228. The molecule has 1 aliphatic carbocycles. The molecule has 0 bridgehead atoms.